The smallest absolute Gasteiger partial charge is 0.240 e. The van der Waals surface area contributed by atoms with Crippen LogP contribution in [0.1, 0.15) is 39.5 Å². The second kappa shape index (κ2) is 5.57. The second-order valence-electron chi connectivity index (χ2n) is 3.64. The molecule has 0 saturated carbocycles. The molecule has 0 aliphatic rings. The van der Waals surface area contributed by atoms with Crippen molar-refractivity contribution < 1.29 is 0 Å². The molecule has 80 valence electrons. The summed E-state index contributed by atoms with van der Waals surface area (Å²) in [7, 11) is 0. The maximum atomic E-state index is 5.60. The van der Waals surface area contributed by atoms with Crippen molar-refractivity contribution in [2.75, 3.05) is 5.73 Å². The van der Waals surface area contributed by atoms with E-state index in [0.29, 0.717) is 11.9 Å². The number of unbranched alkanes of at least 4 members (excludes halogenated alkanes) is 1. The monoisotopic (exact) mass is 197 g/mol. The van der Waals surface area contributed by atoms with Crippen LogP contribution in [0.2, 0.25) is 0 Å². The van der Waals surface area contributed by atoms with Crippen LogP contribution >= 0.6 is 0 Å². The Morgan fingerprint density at radius 3 is 2.71 bits per heavy atom. The minimum absolute atomic E-state index is 0.417. The summed E-state index contributed by atoms with van der Waals surface area (Å²) in [5, 5.41) is 11.0. The number of tetrazole rings is 1. The van der Waals surface area contributed by atoms with Crippen LogP contribution in [-0.4, -0.2) is 20.2 Å². The van der Waals surface area contributed by atoms with Crippen molar-refractivity contribution in [3.8, 4) is 0 Å². The molecule has 2 N–H and O–H groups in total. The molecule has 14 heavy (non-hydrogen) atoms. The molecule has 0 fully saturated rings. The molecule has 1 rings (SSSR count). The fourth-order valence-corrected chi connectivity index (χ4v) is 1.50. The van der Waals surface area contributed by atoms with Gasteiger partial charge in [0.2, 0.25) is 5.95 Å². The predicted molar refractivity (Wildman–Crippen MR) is 55.5 cm³/mol. The lowest BCUT2D eigenvalue weighted by Gasteiger charge is -2.13. The number of rotatable bonds is 6. The first-order valence-electron chi connectivity index (χ1n) is 5.29. The van der Waals surface area contributed by atoms with E-state index >= 15 is 0 Å². The van der Waals surface area contributed by atoms with Crippen LogP contribution in [0.15, 0.2) is 0 Å². The van der Waals surface area contributed by atoms with Crippen LogP contribution in [0.3, 0.4) is 0 Å². The van der Waals surface area contributed by atoms with E-state index in [-0.39, 0.29) is 0 Å². The third-order valence-electron chi connectivity index (χ3n) is 2.53. The lowest BCUT2D eigenvalue weighted by atomic mass is 9.99. The largest absolute Gasteiger partial charge is 0.367 e. The van der Waals surface area contributed by atoms with E-state index in [2.05, 4.69) is 29.4 Å². The van der Waals surface area contributed by atoms with Gasteiger partial charge in [0, 0.05) is 6.54 Å². The average molecular weight is 197 g/mol. The van der Waals surface area contributed by atoms with E-state index < -0.39 is 0 Å². The van der Waals surface area contributed by atoms with E-state index in [1.54, 1.807) is 4.68 Å². The number of nitrogens with two attached hydrogens (primary N) is 1. The molecule has 0 saturated heterocycles. The molecule has 1 heterocycles. The quantitative estimate of drug-likeness (QED) is 0.749. The summed E-state index contributed by atoms with van der Waals surface area (Å²) in [6.45, 7) is 5.24. The molecule has 5 nitrogen and oxygen atoms in total. The van der Waals surface area contributed by atoms with Crippen molar-refractivity contribution >= 4 is 5.95 Å². The van der Waals surface area contributed by atoms with Gasteiger partial charge in [0.1, 0.15) is 0 Å². The Balaban J connectivity index is 2.44. The summed E-state index contributed by atoms with van der Waals surface area (Å²) in [4.78, 5) is 0. The minimum Gasteiger partial charge on any atom is -0.367 e. The molecule has 0 aliphatic heterocycles. The van der Waals surface area contributed by atoms with Gasteiger partial charge in [-0.25, -0.2) is 4.68 Å². The van der Waals surface area contributed by atoms with Crippen molar-refractivity contribution in [3.63, 3.8) is 0 Å². The Kier molecular flexibility index (Phi) is 4.35. The first-order chi connectivity index (χ1) is 6.77. The maximum absolute atomic E-state index is 5.60. The van der Waals surface area contributed by atoms with Crippen molar-refractivity contribution in [2.24, 2.45) is 5.92 Å². The maximum Gasteiger partial charge on any atom is 0.240 e. The van der Waals surface area contributed by atoms with Crippen LogP contribution in [-0.2, 0) is 6.54 Å². The first-order valence-corrected chi connectivity index (χ1v) is 5.29. The van der Waals surface area contributed by atoms with E-state index in [0.717, 1.165) is 13.0 Å². The van der Waals surface area contributed by atoms with Crippen molar-refractivity contribution in [3.05, 3.63) is 0 Å². The van der Waals surface area contributed by atoms with E-state index in [1.807, 2.05) is 0 Å². The summed E-state index contributed by atoms with van der Waals surface area (Å²) in [6, 6.07) is 0. The Hall–Kier alpha value is -1.13. The summed E-state index contributed by atoms with van der Waals surface area (Å²) in [5.74, 6) is 1.06. The van der Waals surface area contributed by atoms with Gasteiger partial charge in [0.05, 0.1) is 0 Å². The molecule has 1 unspecified atom stereocenters. The zero-order valence-corrected chi connectivity index (χ0v) is 8.98. The molecule has 0 amide bonds. The normalized spacial score (nSPS) is 13.0. The number of nitrogens with zero attached hydrogens (tertiary/aromatic N) is 4. The molecule has 0 aliphatic carbocycles. The highest BCUT2D eigenvalue weighted by atomic mass is 15.6. The highest BCUT2D eigenvalue weighted by molar-refractivity contribution is 5.09. The zero-order valence-electron chi connectivity index (χ0n) is 8.98. The fraction of sp³-hybridized carbons (Fsp3) is 0.889. The lowest BCUT2D eigenvalue weighted by molar-refractivity contribution is 0.370. The Morgan fingerprint density at radius 1 is 1.43 bits per heavy atom. The Bertz CT molecular complexity index is 257. The molecule has 0 spiro atoms. The third-order valence-corrected chi connectivity index (χ3v) is 2.53. The van der Waals surface area contributed by atoms with E-state index in [4.69, 9.17) is 5.73 Å². The van der Waals surface area contributed by atoms with Crippen LogP contribution in [0.5, 0.6) is 0 Å². The molecular weight excluding hydrogens is 178 g/mol. The predicted octanol–water partition coefficient (Wildman–Crippen LogP) is 1.47. The standard InChI is InChI=1S/C9H19N5/c1-3-5-6-8(4-2)7-14-9(10)11-12-13-14/h8H,3-7H2,1-2H3,(H2,10,11,13). The number of hydrogen-bond donors (Lipinski definition) is 1. The third kappa shape index (κ3) is 2.97. The first kappa shape index (κ1) is 10.9. The molecule has 5 heteroatoms. The van der Waals surface area contributed by atoms with Crippen molar-refractivity contribution in [2.45, 2.75) is 46.1 Å². The average Bonchev–Trinajstić information content (AvgIpc) is 2.59. The summed E-state index contributed by atoms with van der Waals surface area (Å²) in [5.41, 5.74) is 5.60. The number of hydrogen-bond acceptors (Lipinski definition) is 4. The van der Waals surface area contributed by atoms with Gasteiger partial charge in [-0.3, -0.25) is 0 Å². The summed E-state index contributed by atoms with van der Waals surface area (Å²) in [6.07, 6.45) is 4.88. The summed E-state index contributed by atoms with van der Waals surface area (Å²) < 4.78 is 1.68. The second-order valence-corrected chi connectivity index (χ2v) is 3.64. The molecule has 0 bridgehead atoms. The van der Waals surface area contributed by atoms with Gasteiger partial charge >= 0.3 is 0 Å². The van der Waals surface area contributed by atoms with Crippen molar-refractivity contribution in [1.82, 2.24) is 20.2 Å². The molecular formula is C9H19N5. The SMILES string of the molecule is CCCCC(CC)Cn1nnnc1N. The van der Waals surface area contributed by atoms with Gasteiger partial charge in [-0.1, -0.05) is 38.2 Å². The highest BCUT2D eigenvalue weighted by Gasteiger charge is 2.09. The van der Waals surface area contributed by atoms with Gasteiger partial charge in [-0.2, -0.15) is 0 Å². The van der Waals surface area contributed by atoms with Gasteiger partial charge in [0.25, 0.3) is 0 Å². The number of anilines is 1. The van der Waals surface area contributed by atoms with E-state index in [9.17, 15) is 0 Å². The minimum atomic E-state index is 0.417. The lowest BCUT2D eigenvalue weighted by Crippen LogP contribution is -2.13. The zero-order chi connectivity index (χ0) is 10.4. The van der Waals surface area contributed by atoms with Gasteiger partial charge in [-0.15, -0.1) is 0 Å². The van der Waals surface area contributed by atoms with E-state index in [1.165, 1.54) is 19.3 Å². The molecule has 1 aromatic rings. The van der Waals surface area contributed by atoms with Gasteiger partial charge in [0.15, 0.2) is 0 Å². The number of aromatic nitrogens is 4. The molecule has 1 atom stereocenters. The number of nitrogen functional groups attached to an aromatic ring is 1. The van der Waals surface area contributed by atoms with Crippen LogP contribution in [0.4, 0.5) is 5.95 Å². The Morgan fingerprint density at radius 2 is 2.21 bits per heavy atom. The van der Waals surface area contributed by atoms with Gasteiger partial charge < -0.3 is 5.73 Å². The molecule has 1 aromatic heterocycles. The highest BCUT2D eigenvalue weighted by Crippen LogP contribution is 2.15. The van der Waals surface area contributed by atoms with Crippen LogP contribution in [0.25, 0.3) is 0 Å². The van der Waals surface area contributed by atoms with Gasteiger partial charge in [-0.05, 0) is 22.8 Å². The summed E-state index contributed by atoms with van der Waals surface area (Å²) >= 11 is 0. The van der Waals surface area contributed by atoms with Crippen LogP contribution < -0.4 is 5.73 Å². The topological polar surface area (TPSA) is 69.6 Å². The van der Waals surface area contributed by atoms with Crippen LogP contribution in [0, 0.1) is 5.92 Å². The Labute approximate surface area is 84.7 Å². The molecule has 0 radical (unpaired) electrons. The van der Waals surface area contributed by atoms with Crippen molar-refractivity contribution in [1.29, 1.82) is 0 Å². The fourth-order valence-electron chi connectivity index (χ4n) is 1.50. The molecule has 0 aromatic carbocycles.